The molecule has 2 fully saturated rings. The molecule has 25 heavy (non-hydrogen) atoms. The highest BCUT2D eigenvalue weighted by molar-refractivity contribution is 5.85. The second kappa shape index (κ2) is 8.76. The quantitative estimate of drug-likeness (QED) is 0.852. The first-order valence-electron chi connectivity index (χ1n) is 9.13. The van der Waals surface area contributed by atoms with Gasteiger partial charge in [-0.25, -0.2) is 8.78 Å². The molecule has 1 aromatic carbocycles. The molecule has 1 aromatic rings. The minimum atomic E-state index is -0.505. The number of hydrogen-bond acceptors (Lipinski definition) is 3. The van der Waals surface area contributed by atoms with Crippen LogP contribution in [-0.4, -0.2) is 55.6 Å². The van der Waals surface area contributed by atoms with Crippen LogP contribution in [0.25, 0.3) is 0 Å². The highest BCUT2D eigenvalue weighted by atomic mass is 35.5. The largest absolute Gasteiger partial charge is 0.316 e. The van der Waals surface area contributed by atoms with E-state index in [2.05, 4.69) is 29.0 Å². The summed E-state index contributed by atoms with van der Waals surface area (Å²) < 4.78 is 27.3. The molecule has 2 unspecified atom stereocenters. The minimum absolute atomic E-state index is 0. The molecule has 142 valence electrons. The van der Waals surface area contributed by atoms with Gasteiger partial charge < -0.3 is 10.2 Å². The summed E-state index contributed by atoms with van der Waals surface area (Å²) in [7, 11) is 0. The van der Waals surface area contributed by atoms with Crippen molar-refractivity contribution in [2.24, 2.45) is 5.41 Å². The van der Waals surface area contributed by atoms with E-state index >= 15 is 0 Å². The lowest BCUT2D eigenvalue weighted by molar-refractivity contribution is 0.0689. The molecule has 0 spiro atoms. The van der Waals surface area contributed by atoms with Gasteiger partial charge in [0.05, 0.1) is 0 Å². The fraction of sp³-hybridized carbons (Fsp3) is 0.684. The van der Waals surface area contributed by atoms with Gasteiger partial charge in [0.15, 0.2) is 0 Å². The molecule has 2 heterocycles. The predicted octanol–water partition coefficient (Wildman–Crippen LogP) is 3.45. The Bertz CT molecular complexity index is 556. The van der Waals surface area contributed by atoms with Crippen molar-refractivity contribution < 1.29 is 8.78 Å². The van der Waals surface area contributed by atoms with E-state index in [9.17, 15) is 8.78 Å². The van der Waals surface area contributed by atoms with Crippen LogP contribution in [0.5, 0.6) is 0 Å². The molecule has 2 saturated heterocycles. The van der Waals surface area contributed by atoms with E-state index in [4.69, 9.17) is 0 Å². The summed E-state index contributed by atoms with van der Waals surface area (Å²) in [6.45, 7) is 11.7. The predicted molar refractivity (Wildman–Crippen MR) is 100 cm³/mol. The van der Waals surface area contributed by atoms with E-state index in [1.807, 2.05) is 0 Å². The van der Waals surface area contributed by atoms with Crippen molar-refractivity contribution in [2.75, 3.05) is 45.8 Å². The number of nitrogens with one attached hydrogen (secondary N) is 1. The molecule has 3 nitrogen and oxygen atoms in total. The van der Waals surface area contributed by atoms with Crippen molar-refractivity contribution in [3.8, 4) is 0 Å². The van der Waals surface area contributed by atoms with Gasteiger partial charge in [0.25, 0.3) is 0 Å². The Kier molecular flexibility index (Phi) is 7.20. The average Bonchev–Trinajstić information content (AvgIpc) is 2.98. The van der Waals surface area contributed by atoms with Crippen molar-refractivity contribution in [2.45, 2.75) is 32.7 Å². The molecule has 2 aliphatic heterocycles. The van der Waals surface area contributed by atoms with Crippen LogP contribution in [0, 0.1) is 17.0 Å². The normalized spacial score (nSPS) is 26.4. The van der Waals surface area contributed by atoms with Gasteiger partial charge in [0.1, 0.15) is 11.6 Å². The maximum atomic E-state index is 14.2. The molecule has 0 radical (unpaired) electrons. The fourth-order valence-corrected chi connectivity index (χ4v) is 4.22. The van der Waals surface area contributed by atoms with Crippen LogP contribution in [0.4, 0.5) is 8.78 Å². The van der Waals surface area contributed by atoms with Crippen LogP contribution in [0.2, 0.25) is 0 Å². The summed E-state index contributed by atoms with van der Waals surface area (Å²) >= 11 is 0. The smallest absolute Gasteiger partial charge is 0.130 e. The molecule has 0 aromatic heterocycles. The van der Waals surface area contributed by atoms with Gasteiger partial charge in [-0.3, -0.25) is 4.90 Å². The Hall–Kier alpha value is -0.750. The third-order valence-electron chi connectivity index (χ3n) is 5.62. The summed E-state index contributed by atoms with van der Waals surface area (Å²) in [6.07, 6.45) is 2.08. The molecule has 2 aliphatic rings. The number of halogens is 3. The van der Waals surface area contributed by atoms with Crippen molar-refractivity contribution >= 4 is 12.4 Å². The van der Waals surface area contributed by atoms with Crippen molar-refractivity contribution in [1.29, 1.82) is 0 Å². The summed E-state index contributed by atoms with van der Waals surface area (Å²) in [5.74, 6) is -0.928. The average molecular weight is 374 g/mol. The van der Waals surface area contributed by atoms with Gasteiger partial charge in [0, 0.05) is 56.9 Å². The van der Waals surface area contributed by atoms with Gasteiger partial charge >= 0.3 is 0 Å². The molecule has 2 atom stereocenters. The van der Waals surface area contributed by atoms with Gasteiger partial charge in [-0.05, 0) is 30.9 Å². The van der Waals surface area contributed by atoms with Crippen LogP contribution in [0.15, 0.2) is 18.2 Å². The lowest BCUT2D eigenvalue weighted by Gasteiger charge is -2.41. The Balaban J connectivity index is 0.00000225. The van der Waals surface area contributed by atoms with Gasteiger partial charge in [-0.15, -0.1) is 12.4 Å². The van der Waals surface area contributed by atoms with Gasteiger partial charge in [-0.1, -0.05) is 19.9 Å². The first-order valence-corrected chi connectivity index (χ1v) is 9.13. The maximum absolute atomic E-state index is 14.2. The second-order valence-corrected chi connectivity index (χ2v) is 7.64. The van der Waals surface area contributed by atoms with Crippen molar-refractivity contribution in [3.63, 3.8) is 0 Å². The van der Waals surface area contributed by atoms with Crippen LogP contribution < -0.4 is 5.32 Å². The van der Waals surface area contributed by atoms with Gasteiger partial charge in [-0.2, -0.15) is 0 Å². The third-order valence-corrected chi connectivity index (χ3v) is 5.62. The monoisotopic (exact) mass is 373 g/mol. The molecule has 0 aliphatic carbocycles. The Morgan fingerprint density at radius 1 is 1.20 bits per heavy atom. The Labute approximate surface area is 156 Å². The zero-order valence-corrected chi connectivity index (χ0v) is 16.0. The van der Waals surface area contributed by atoms with E-state index < -0.39 is 11.6 Å². The first-order chi connectivity index (χ1) is 11.5. The number of hydrogen-bond donors (Lipinski definition) is 1. The number of benzene rings is 1. The van der Waals surface area contributed by atoms with Crippen LogP contribution >= 0.6 is 12.4 Å². The summed E-state index contributed by atoms with van der Waals surface area (Å²) in [5, 5.41) is 3.46. The lowest BCUT2D eigenvalue weighted by atomic mass is 9.89. The minimum Gasteiger partial charge on any atom is -0.316 e. The van der Waals surface area contributed by atoms with Crippen LogP contribution in [-0.2, 0) is 0 Å². The molecular formula is C19H30ClF2N3. The number of nitrogens with zero attached hydrogens (tertiary/aromatic N) is 2. The van der Waals surface area contributed by atoms with E-state index in [0.717, 1.165) is 58.3 Å². The van der Waals surface area contributed by atoms with E-state index in [0.29, 0.717) is 11.0 Å². The zero-order valence-electron chi connectivity index (χ0n) is 15.2. The number of piperazine rings is 1. The van der Waals surface area contributed by atoms with Crippen molar-refractivity contribution in [1.82, 2.24) is 15.1 Å². The van der Waals surface area contributed by atoms with Crippen LogP contribution in [0.1, 0.15) is 38.3 Å². The molecule has 0 amide bonds. The number of rotatable bonds is 5. The highest BCUT2D eigenvalue weighted by Gasteiger charge is 2.33. The lowest BCUT2D eigenvalue weighted by Crippen LogP contribution is -2.50. The third kappa shape index (κ3) is 4.91. The molecule has 3 rings (SSSR count). The highest BCUT2D eigenvalue weighted by Crippen LogP contribution is 2.30. The van der Waals surface area contributed by atoms with E-state index in [1.165, 1.54) is 12.5 Å². The summed E-state index contributed by atoms with van der Waals surface area (Å²) in [4.78, 5) is 4.89. The fourth-order valence-electron chi connectivity index (χ4n) is 4.22. The molecule has 1 N–H and O–H groups in total. The SMILES string of the molecule is CCC(c1ccc(F)cc1F)N1CCN(CC2(C)CCNC2)CC1.Cl. The summed E-state index contributed by atoms with van der Waals surface area (Å²) in [6, 6.07) is 4.01. The first kappa shape index (κ1) is 20.6. The Morgan fingerprint density at radius 2 is 1.92 bits per heavy atom. The summed E-state index contributed by atoms with van der Waals surface area (Å²) in [5.41, 5.74) is 1.01. The standard InChI is InChI=1S/C19H29F2N3.ClH/c1-3-18(16-5-4-15(20)12-17(16)21)24-10-8-23(9-11-24)14-19(2)6-7-22-13-19;/h4-5,12,18,22H,3,6-11,13-14H2,1-2H3;1H. The molecule has 0 saturated carbocycles. The van der Waals surface area contributed by atoms with E-state index in [-0.39, 0.29) is 18.4 Å². The Morgan fingerprint density at radius 3 is 2.48 bits per heavy atom. The maximum Gasteiger partial charge on any atom is 0.130 e. The molecule has 6 heteroatoms. The van der Waals surface area contributed by atoms with Crippen molar-refractivity contribution in [3.05, 3.63) is 35.4 Å². The zero-order chi connectivity index (χ0) is 17.2. The molecule has 0 bridgehead atoms. The van der Waals surface area contributed by atoms with Crippen LogP contribution in [0.3, 0.4) is 0 Å². The molecular weight excluding hydrogens is 344 g/mol. The van der Waals surface area contributed by atoms with E-state index in [1.54, 1.807) is 6.07 Å². The van der Waals surface area contributed by atoms with Gasteiger partial charge in [0.2, 0.25) is 0 Å². The topological polar surface area (TPSA) is 18.5 Å². The second-order valence-electron chi connectivity index (χ2n) is 7.64.